The lowest BCUT2D eigenvalue weighted by molar-refractivity contribution is -0.145. The molecule has 2 aromatic carbocycles. The smallest absolute Gasteiger partial charge is 0.308 e. The number of rotatable bonds is 9. The van der Waals surface area contributed by atoms with Crippen molar-refractivity contribution in [2.75, 3.05) is 6.61 Å². The van der Waals surface area contributed by atoms with Gasteiger partial charge in [-0.1, -0.05) is 36.4 Å². The molecule has 0 fully saturated rings. The van der Waals surface area contributed by atoms with Gasteiger partial charge in [0.2, 0.25) is 0 Å². The molecule has 0 radical (unpaired) electrons. The lowest BCUT2D eigenvalue weighted by Crippen LogP contribution is -2.25. The molecule has 2 unspecified atom stereocenters. The van der Waals surface area contributed by atoms with Gasteiger partial charge in [0.25, 0.3) is 5.56 Å². The summed E-state index contributed by atoms with van der Waals surface area (Å²) in [5.41, 5.74) is 1.85. The maximum absolute atomic E-state index is 13.6. The summed E-state index contributed by atoms with van der Waals surface area (Å²) in [6.07, 6.45) is 0.720. The van der Waals surface area contributed by atoms with E-state index >= 15 is 0 Å². The summed E-state index contributed by atoms with van der Waals surface area (Å²) in [4.78, 5) is 24.9. The number of aliphatic hydroxyl groups is 2. The number of pyridine rings is 1. The topological polar surface area (TPSA) is 88.8 Å². The van der Waals surface area contributed by atoms with Gasteiger partial charge in [-0.05, 0) is 56.0 Å². The molecule has 2 N–H and O–H groups in total. The molecule has 34 heavy (non-hydrogen) atoms. The molecule has 2 atom stereocenters. The maximum Gasteiger partial charge on any atom is 0.308 e. The molecule has 0 aliphatic heterocycles. The summed E-state index contributed by atoms with van der Waals surface area (Å²) < 4.78 is 20.1. The van der Waals surface area contributed by atoms with Crippen molar-refractivity contribution >= 4 is 22.8 Å². The van der Waals surface area contributed by atoms with Gasteiger partial charge >= 0.3 is 5.97 Å². The van der Waals surface area contributed by atoms with Crippen LogP contribution in [0.15, 0.2) is 59.4 Å². The Kier molecular flexibility index (Phi) is 8.36. The Morgan fingerprint density at radius 1 is 1.09 bits per heavy atom. The van der Waals surface area contributed by atoms with Crippen LogP contribution in [0.25, 0.3) is 28.0 Å². The standard InChI is InChI=1S/C27H30FNO5/c1-4-34-25(32)16-21(31)15-20(30)13-14-24-26(18-9-11-19(28)12-10-18)22-7-5-6-8-23(22)27(33)29(24)17(2)3/h5-14,17,20-21,30-31H,4,15-16H2,1-3H3. The van der Waals surface area contributed by atoms with Gasteiger partial charge in [0.1, 0.15) is 5.82 Å². The van der Waals surface area contributed by atoms with Crippen LogP contribution in [-0.4, -0.2) is 39.6 Å². The van der Waals surface area contributed by atoms with E-state index in [9.17, 15) is 24.2 Å². The first-order chi connectivity index (χ1) is 16.2. The summed E-state index contributed by atoms with van der Waals surface area (Å²) in [6, 6.07) is 13.1. The van der Waals surface area contributed by atoms with E-state index in [2.05, 4.69) is 0 Å². The fourth-order valence-electron chi connectivity index (χ4n) is 4.04. The largest absolute Gasteiger partial charge is 0.466 e. The highest BCUT2D eigenvalue weighted by molar-refractivity contribution is 5.99. The molecule has 0 aliphatic carbocycles. The van der Waals surface area contributed by atoms with Gasteiger partial charge in [-0.2, -0.15) is 0 Å². The van der Waals surface area contributed by atoms with Gasteiger partial charge in [0.15, 0.2) is 0 Å². The van der Waals surface area contributed by atoms with E-state index < -0.39 is 18.2 Å². The Balaban J connectivity index is 2.09. The number of aromatic nitrogens is 1. The Bertz CT molecular complexity index is 1230. The lowest BCUT2D eigenvalue weighted by atomic mass is 9.95. The first-order valence-electron chi connectivity index (χ1n) is 11.4. The number of benzene rings is 2. The fourth-order valence-corrected chi connectivity index (χ4v) is 4.04. The maximum atomic E-state index is 13.6. The molecule has 0 saturated carbocycles. The number of fused-ring (bicyclic) bond motifs is 1. The van der Waals surface area contributed by atoms with E-state index in [0.717, 1.165) is 11.1 Å². The first-order valence-corrected chi connectivity index (χ1v) is 11.4. The predicted molar refractivity (Wildman–Crippen MR) is 131 cm³/mol. The van der Waals surface area contributed by atoms with Crippen molar-refractivity contribution in [2.24, 2.45) is 0 Å². The highest BCUT2D eigenvalue weighted by Gasteiger charge is 2.19. The number of carbonyl (C=O) groups excluding carboxylic acids is 1. The molecule has 180 valence electrons. The predicted octanol–water partition coefficient (Wildman–Crippen LogP) is 4.47. The summed E-state index contributed by atoms with van der Waals surface area (Å²) in [7, 11) is 0. The van der Waals surface area contributed by atoms with Gasteiger partial charge in [-0.15, -0.1) is 0 Å². The molecule has 1 heterocycles. The zero-order chi connectivity index (χ0) is 24.8. The summed E-state index contributed by atoms with van der Waals surface area (Å²) in [5.74, 6) is -0.902. The lowest BCUT2D eigenvalue weighted by Gasteiger charge is -2.21. The quantitative estimate of drug-likeness (QED) is 0.454. The summed E-state index contributed by atoms with van der Waals surface area (Å²) in [5, 5.41) is 21.9. The number of carbonyl (C=O) groups is 1. The monoisotopic (exact) mass is 467 g/mol. The molecule has 0 aliphatic rings. The van der Waals surface area contributed by atoms with Crippen LogP contribution in [0.3, 0.4) is 0 Å². The SMILES string of the molecule is CCOC(=O)CC(O)CC(O)C=Cc1c(-c2ccc(F)cc2)c2ccccc2c(=O)n1C(C)C. The van der Waals surface area contributed by atoms with Crippen LogP contribution < -0.4 is 5.56 Å². The van der Waals surface area contributed by atoms with Crippen molar-refractivity contribution < 1.29 is 24.1 Å². The molecular weight excluding hydrogens is 437 g/mol. The van der Waals surface area contributed by atoms with Crippen molar-refractivity contribution in [1.82, 2.24) is 4.57 Å². The van der Waals surface area contributed by atoms with Crippen LogP contribution in [0.2, 0.25) is 0 Å². The highest BCUT2D eigenvalue weighted by atomic mass is 19.1. The van der Waals surface area contributed by atoms with Crippen molar-refractivity contribution in [1.29, 1.82) is 0 Å². The third kappa shape index (κ3) is 5.79. The third-order valence-corrected chi connectivity index (χ3v) is 5.51. The second-order valence-corrected chi connectivity index (χ2v) is 8.41. The van der Waals surface area contributed by atoms with Crippen molar-refractivity contribution in [3.8, 4) is 11.1 Å². The molecule has 0 saturated heterocycles. The normalized spacial score (nSPS) is 13.5. The number of hydrogen-bond donors (Lipinski definition) is 2. The molecule has 0 bridgehead atoms. The Hall–Kier alpha value is -3.29. The first kappa shape index (κ1) is 25.3. The van der Waals surface area contributed by atoms with Crippen molar-refractivity contribution in [3.63, 3.8) is 0 Å². The number of esters is 1. The van der Waals surface area contributed by atoms with Gasteiger partial charge < -0.3 is 19.5 Å². The van der Waals surface area contributed by atoms with Gasteiger partial charge in [-0.25, -0.2) is 4.39 Å². The molecule has 0 spiro atoms. The average Bonchev–Trinajstić information content (AvgIpc) is 2.78. The number of aliphatic hydroxyl groups excluding tert-OH is 2. The Labute approximate surface area is 197 Å². The second-order valence-electron chi connectivity index (χ2n) is 8.41. The molecule has 0 amide bonds. The average molecular weight is 468 g/mol. The highest BCUT2D eigenvalue weighted by Crippen LogP contribution is 2.33. The van der Waals surface area contributed by atoms with Crippen LogP contribution in [0.1, 0.15) is 45.3 Å². The zero-order valence-electron chi connectivity index (χ0n) is 19.6. The molecule has 3 aromatic rings. The van der Waals surface area contributed by atoms with E-state index in [4.69, 9.17) is 4.74 Å². The number of ether oxygens (including phenoxy) is 1. The minimum absolute atomic E-state index is 0.0688. The number of hydrogen-bond acceptors (Lipinski definition) is 5. The number of nitrogens with zero attached hydrogens (tertiary/aromatic N) is 1. The fraction of sp³-hybridized carbons (Fsp3) is 0.333. The molecule has 6 nitrogen and oxygen atoms in total. The van der Waals surface area contributed by atoms with Gasteiger partial charge in [0, 0.05) is 23.4 Å². The van der Waals surface area contributed by atoms with E-state index in [0.29, 0.717) is 16.5 Å². The van der Waals surface area contributed by atoms with Gasteiger partial charge in [-0.3, -0.25) is 9.59 Å². The molecule has 3 rings (SSSR count). The number of halogens is 1. The third-order valence-electron chi connectivity index (χ3n) is 5.51. The second kappa shape index (κ2) is 11.2. The van der Waals surface area contributed by atoms with E-state index in [-0.39, 0.29) is 36.9 Å². The van der Waals surface area contributed by atoms with Crippen LogP contribution in [0.4, 0.5) is 4.39 Å². The molecular formula is C27H30FNO5. The van der Waals surface area contributed by atoms with Crippen LogP contribution in [-0.2, 0) is 9.53 Å². The van der Waals surface area contributed by atoms with Gasteiger partial charge in [0.05, 0.1) is 30.9 Å². The van der Waals surface area contributed by atoms with Crippen LogP contribution >= 0.6 is 0 Å². The van der Waals surface area contributed by atoms with Crippen LogP contribution in [0, 0.1) is 5.82 Å². The van der Waals surface area contributed by atoms with Crippen molar-refractivity contribution in [2.45, 2.75) is 51.9 Å². The Morgan fingerprint density at radius 2 is 1.74 bits per heavy atom. The summed E-state index contributed by atoms with van der Waals surface area (Å²) >= 11 is 0. The summed E-state index contributed by atoms with van der Waals surface area (Å²) in [6.45, 7) is 5.68. The zero-order valence-corrected chi connectivity index (χ0v) is 19.6. The van der Waals surface area contributed by atoms with Crippen molar-refractivity contribution in [3.05, 3.63) is 76.5 Å². The van der Waals surface area contributed by atoms with E-state index in [1.807, 2.05) is 26.0 Å². The van der Waals surface area contributed by atoms with E-state index in [1.54, 1.807) is 41.8 Å². The minimum atomic E-state index is -1.07. The van der Waals surface area contributed by atoms with E-state index in [1.165, 1.54) is 18.2 Å². The van der Waals surface area contributed by atoms with Crippen LogP contribution in [0.5, 0.6) is 0 Å². The molecule has 1 aromatic heterocycles. The molecule has 7 heteroatoms. The minimum Gasteiger partial charge on any atom is -0.466 e. The Morgan fingerprint density at radius 3 is 2.35 bits per heavy atom.